The molecule has 0 fully saturated rings. The average molecular weight is 296 g/mol. The van der Waals surface area contributed by atoms with Gasteiger partial charge in [-0.25, -0.2) is 9.37 Å². The molecule has 3 N–H and O–H groups in total. The summed E-state index contributed by atoms with van der Waals surface area (Å²) in [4.78, 5) is 4.34. The zero-order valence-corrected chi connectivity index (χ0v) is 11.6. The summed E-state index contributed by atoms with van der Waals surface area (Å²) in [5.41, 5.74) is 7.36. The van der Waals surface area contributed by atoms with Gasteiger partial charge in [-0.3, -0.25) is 0 Å². The Labute approximate surface area is 120 Å². The van der Waals surface area contributed by atoms with E-state index in [4.69, 9.17) is 29.6 Å². The zero-order valence-electron chi connectivity index (χ0n) is 10.1. The highest BCUT2D eigenvalue weighted by Crippen LogP contribution is 2.25. The van der Waals surface area contributed by atoms with Gasteiger partial charge in [0.2, 0.25) is 0 Å². The van der Waals surface area contributed by atoms with E-state index in [1.807, 2.05) is 6.92 Å². The van der Waals surface area contributed by atoms with Crippen LogP contribution in [0.5, 0.6) is 0 Å². The minimum absolute atomic E-state index is 0.204. The van der Waals surface area contributed by atoms with Gasteiger partial charge < -0.3 is 11.1 Å². The molecule has 0 saturated carbocycles. The van der Waals surface area contributed by atoms with Crippen molar-refractivity contribution in [2.24, 2.45) is 5.73 Å². The van der Waals surface area contributed by atoms with Crippen molar-refractivity contribution in [3.63, 3.8) is 0 Å². The number of nitrogens with two attached hydrogens (primary N) is 1. The molecule has 0 atom stereocenters. The smallest absolute Gasteiger partial charge is 0.146 e. The summed E-state index contributed by atoms with van der Waals surface area (Å²) < 4.78 is 13.7. The predicted molar refractivity (Wildman–Crippen MR) is 79.6 cm³/mol. The van der Waals surface area contributed by atoms with E-state index >= 15 is 0 Å². The fourth-order valence-electron chi connectivity index (χ4n) is 1.68. The van der Waals surface area contributed by atoms with E-state index in [2.05, 4.69) is 10.3 Å². The zero-order chi connectivity index (χ0) is 14.0. The first-order valence-corrected chi connectivity index (χ1v) is 6.25. The lowest BCUT2D eigenvalue weighted by molar-refractivity contribution is 0.632. The molecule has 0 aliphatic rings. The number of nitrogens with zero attached hydrogens (tertiary/aromatic N) is 1. The number of nitrogens with one attached hydrogen (secondary N) is 1. The molecule has 0 aliphatic heterocycles. The van der Waals surface area contributed by atoms with Crippen molar-refractivity contribution >= 4 is 40.3 Å². The van der Waals surface area contributed by atoms with Gasteiger partial charge in [0.05, 0.1) is 11.3 Å². The Hall–Kier alpha value is -1.72. The van der Waals surface area contributed by atoms with Crippen LogP contribution >= 0.6 is 23.8 Å². The van der Waals surface area contributed by atoms with Crippen LogP contribution in [0.3, 0.4) is 0 Å². The van der Waals surface area contributed by atoms with Crippen LogP contribution in [0.1, 0.15) is 11.1 Å². The van der Waals surface area contributed by atoms with Crippen LogP contribution in [0.2, 0.25) is 5.02 Å². The molecule has 3 nitrogen and oxygen atoms in total. The summed E-state index contributed by atoms with van der Waals surface area (Å²) in [6, 6.07) is 6.01. The highest BCUT2D eigenvalue weighted by molar-refractivity contribution is 7.80. The van der Waals surface area contributed by atoms with Gasteiger partial charge >= 0.3 is 0 Å². The molecule has 0 bridgehead atoms. The lowest BCUT2D eigenvalue weighted by atomic mass is 10.1. The molecule has 0 radical (unpaired) electrons. The summed E-state index contributed by atoms with van der Waals surface area (Å²) in [6.45, 7) is 1.86. The minimum Gasteiger partial charge on any atom is -0.389 e. The third-order valence-electron chi connectivity index (χ3n) is 2.59. The summed E-state index contributed by atoms with van der Waals surface area (Å²) in [7, 11) is 0. The summed E-state index contributed by atoms with van der Waals surface area (Å²) >= 11 is 10.8. The fourth-order valence-corrected chi connectivity index (χ4v) is 2.11. The van der Waals surface area contributed by atoms with Crippen molar-refractivity contribution in [1.29, 1.82) is 0 Å². The number of pyridine rings is 1. The summed E-state index contributed by atoms with van der Waals surface area (Å²) in [6.07, 6.45) is 1.60. The third kappa shape index (κ3) is 3.00. The van der Waals surface area contributed by atoms with Gasteiger partial charge in [-0.15, -0.1) is 0 Å². The third-order valence-corrected chi connectivity index (χ3v) is 3.03. The van der Waals surface area contributed by atoms with Crippen LogP contribution in [0.25, 0.3) is 0 Å². The van der Waals surface area contributed by atoms with Crippen molar-refractivity contribution in [3.8, 4) is 0 Å². The molecule has 0 amide bonds. The maximum atomic E-state index is 13.7. The van der Waals surface area contributed by atoms with Crippen LogP contribution in [0.4, 0.5) is 15.9 Å². The van der Waals surface area contributed by atoms with E-state index in [0.29, 0.717) is 16.4 Å². The molecule has 2 rings (SSSR count). The van der Waals surface area contributed by atoms with Crippen LogP contribution in [0.15, 0.2) is 30.5 Å². The van der Waals surface area contributed by atoms with Crippen molar-refractivity contribution in [2.45, 2.75) is 6.92 Å². The Morgan fingerprint density at radius 2 is 2.16 bits per heavy atom. The molecular weight excluding hydrogens is 285 g/mol. The van der Waals surface area contributed by atoms with Gasteiger partial charge in [-0.2, -0.15) is 0 Å². The average Bonchev–Trinajstić information content (AvgIpc) is 2.33. The van der Waals surface area contributed by atoms with Crippen molar-refractivity contribution in [1.82, 2.24) is 4.98 Å². The SMILES string of the molecule is Cc1ccnc(Nc2cc(Cl)ccc2F)c1C(N)=S. The fraction of sp³-hybridized carbons (Fsp3) is 0.0769. The van der Waals surface area contributed by atoms with E-state index in [-0.39, 0.29) is 10.7 Å². The lowest BCUT2D eigenvalue weighted by Crippen LogP contribution is -2.15. The van der Waals surface area contributed by atoms with Crippen LogP contribution in [-0.4, -0.2) is 9.97 Å². The Kier molecular flexibility index (Phi) is 3.97. The molecular formula is C13H11ClFN3S. The second kappa shape index (κ2) is 5.50. The molecule has 0 spiro atoms. The number of thiocarbonyl (C=S) groups is 1. The molecule has 0 saturated heterocycles. The highest BCUT2D eigenvalue weighted by atomic mass is 35.5. The maximum absolute atomic E-state index is 13.7. The molecule has 6 heteroatoms. The van der Waals surface area contributed by atoms with Gasteiger partial charge in [0.25, 0.3) is 0 Å². The predicted octanol–water partition coefficient (Wildman–Crippen LogP) is 3.56. The number of aryl methyl sites for hydroxylation is 1. The monoisotopic (exact) mass is 295 g/mol. The molecule has 98 valence electrons. The summed E-state index contributed by atoms with van der Waals surface area (Å²) in [5.74, 6) is -0.0183. The van der Waals surface area contributed by atoms with Crippen molar-refractivity contribution in [2.75, 3.05) is 5.32 Å². The maximum Gasteiger partial charge on any atom is 0.146 e. The number of aromatic nitrogens is 1. The Morgan fingerprint density at radius 1 is 1.42 bits per heavy atom. The first-order valence-electron chi connectivity index (χ1n) is 5.46. The van der Waals surface area contributed by atoms with Crippen LogP contribution in [-0.2, 0) is 0 Å². The Morgan fingerprint density at radius 3 is 2.84 bits per heavy atom. The number of benzene rings is 1. The highest BCUT2D eigenvalue weighted by Gasteiger charge is 2.12. The second-order valence-electron chi connectivity index (χ2n) is 3.96. The number of anilines is 2. The molecule has 0 aliphatic carbocycles. The number of hydrogen-bond donors (Lipinski definition) is 2. The standard InChI is InChI=1S/C13H11ClFN3S/c1-7-4-5-17-13(11(7)12(16)19)18-10-6-8(14)2-3-9(10)15/h2-6H,1H3,(H2,16,19)(H,17,18). The Balaban J connectivity index is 2.46. The van der Waals surface area contributed by atoms with E-state index in [1.54, 1.807) is 12.3 Å². The van der Waals surface area contributed by atoms with Crippen LogP contribution in [0, 0.1) is 12.7 Å². The van der Waals surface area contributed by atoms with E-state index in [0.717, 1.165) is 5.56 Å². The normalized spacial score (nSPS) is 10.3. The van der Waals surface area contributed by atoms with E-state index in [1.165, 1.54) is 18.2 Å². The van der Waals surface area contributed by atoms with Crippen LogP contribution < -0.4 is 11.1 Å². The first kappa shape index (κ1) is 13.7. The first-order chi connectivity index (χ1) is 8.99. The van der Waals surface area contributed by atoms with E-state index in [9.17, 15) is 4.39 Å². The molecule has 1 heterocycles. The number of rotatable bonds is 3. The second-order valence-corrected chi connectivity index (χ2v) is 4.84. The Bertz CT molecular complexity index is 646. The van der Waals surface area contributed by atoms with E-state index < -0.39 is 5.82 Å². The lowest BCUT2D eigenvalue weighted by Gasteiger charge is -2.13. The number of halogens is 2. The molecule has 1 aromatic heterocycles. The van der Waals surface area contributed by atoms with Gasteiger partial charge in [0.15, 0.2) is 0 Å². The van der Waals surface area contributed by atoms with Gasteiger partial charge in [0, 0.05) is 11.2 Å². The molecule has 19 heavy (non-hydrogen) atoms. The van der Waals surface area contributed by atoms with Crippen molar-refractivity contribution < 1.29 is 4.39 Å². The van der Waals surface area contributed by atoms with Gasteiger partial charge in [0.1, 0.15) is 16.6 Å². The van der Waals surface area contributed by atoms with Gasteiger partial charge in [-0.1, -0.05) is 23.8 Å². The molecule has 2 aromatic rings. The van der Waals surface area contributed by atoms with Crippen molar-refractivity contribution in [3.05, 3.63) is 52.4 Å². The quantitative estimate of drug-likeness (QED) is 0.850. The van der Waals surface area contributed by atoms with Gasteiger partial charge in [-0.05, 0) is 36.8 Å². The number of hydrogen-bond acceptors (Lipinski definition) is 3. The summed E-state index contributed by atoms with van der Waals surface area (Å²) in [5, 5.41) is 3.29. The largest absolute Gasteiger partial charge is 0.389 e. The topological polar surface area (TPSA) is 50.9 Å². The molecule has 0 unspecified atom stereocenters. The minimum atomic E-state index is -0.429. The molecule has 1 aromatic carbocycles.